The van der Waals surface area contributed by atoms with Gasteiger partial charge in [-0.2, -0.15) is 0 Å². The zero-order chi connectivity index (χ0) is 9.26. The lowest BCUT2D eigenvalue weighted by molar-refractivity contribution is 0.410. The molecule has 0 fully saturated rings. The first kappa shape index (κ1) is 8.57. The smallest absolute Gasteiger partial charge is 0.122 e. The van der Waals surface area contributed by atoms with Crippen LogP contribution in [0, 0.1) is 6.92 Å². The maximum Gasteiger partial charge on any atom is 0.122 e. The molecule has 0 aliphatic carbocycles. The van der Waals surface area contributed by atoms with E-state index in [-0.39, 0.29) is 0 Å². The van der Waals surface area contributed by atoms with Crippen LogP contribution >= 0.6 is 0 Å². The molecular weight excluding hydrogens is 162 g/mol. The average molecular weight is 177 g/mol. The molecule has 0 atom stereocenters. The monoisotopic (exact) mass is 177 g/mol. The number of ether oxygens (including phenoxy) is 1. The molecule has 0 saturated carbocycles. The van der Waals surface area contributed by atoms with Gasteiger partial charge in [0.15, 0.2) is 0 Å². The summed E-state index contributed by atoms with van der Waals surface area (Å²) in [5.41, 5.74) is 4.08. The van der Waals surface area contributed by atoms with Gasteiger partial charge in [-0.25, -0.2) is 0 Å². The van der Waals surface area contributed by atoms with Gasteiger partial charge in [-0.1, -0.05) is 6.07 Å². The molecule has 0 aromatic heterocycles. The highest BCUT2D eigenvalue weighted by molar-refractivity contribution is 5.43. The van der Waals surface area contributed by atoms with E-state index in [1.165, 1.54) is 16.7 Å². The van der Waals surface area contributed by atoms with E-state index < -0.39 is 0 Å². The summed E-state index contributed by atoms with van der Waals surface area (Å²) in [4.78, 5) is 0. The molecule has 0 bridgehead atoms. The second-order valence-electron chi connectivity index (χ2n) is 3.52. The quantitative estimate of drug-likeness (QED) is 0.704. The van der Waals surface area contributed by atoms with E-state index in [0.717, 1.165) is 25.3 Å². The lowest BCUT2D eigenvalue weighted by Gasteiger charge is -2.19. The predicted octanol–water partition coefficient (Wildman–Crippen LogP) is 1.65. The van der Waals surface area contributed by atoms with Crippen LogP contribution in [0.2, 0.25) is 0 Å². The van der Waals surface area contributed by atoms with Gasteiger partial charge in [0.2, 0.25) is 0 Å². The van der Waals surface area contributed by atoms with Crippen molar-refractivity contribution in [3.8, 4) is 5.75 Å². The van der Waals surface area contributed by atoms with Crippen molar-refractivity contribution in [2.24, 2.45) is 0 Å². The van der Waals surface area contributed by atoms with Crippen molar-refractivity contribution >= 4 is 0 Å². The van der Waals surface area contributed by atoms with Gasteiger partial charge in [0.05, 0.1) is 7.11 Å². The van der Waals surface area contributed by atoms with E-state index in [1.807, 2.05) is 0 Å². The lowest BCUT2D eigenvalue weighted by atomic mass is 9.98. The Labute approximate surface area is 78.9 Å². The molecule has 1 heterocycles. The molecule has 1 N–H and O–H groups in total. The van der Waals surface area contributed by atoms with E-state index in [9.17, 15) is 0 Å². The molecule has 2 nitrogen and oxygen atoms in total. The molecule has 13 heavy (non-hydrogen) atoms. The van der Waals surface area contributed by atoms with Crippen LogP contribution in [0.4, 0.5) is 0 Å². The van der Waals surface area contributed by atoms with Crippen molar-refractivity contribution in [3.63, 3.8) is 0 Å². The van der Waals surface area contributed by atoms with Crippen LogP contribution in [0.5, 0.6) is 5.75 Å². The highest BCUT2D eigenvalue weighted by atomic mass is 16.5. The largest absolute Gasteiger partial charge is 0.496 e. The van der Waals surface area contributed by atoms with Gasteiger partial charge >= 0.3 is 0 Å². The number of rotatable bonds is 1. The molecule has 2 heteroatoms. The topological polar surface area (TPSA) is 21.3 Å². The fourth-order valence-corrected chi connectivity index (χ4v) is 1.85. The van der Waals surface area contributed by atoms with Gasteiger partial charge in [0.25, 0.3) is 0 Å². The number of aryl methyl sites for hydroxylation is 1. The molecule has 70 valence electrons. The van der Waals surface area contributed by atoms with Gasteiger partial charge in [-0.15, -0.1) is 0 Å². The van der Waals surface area contributed by atoms with E-state index in [0.29, 0.717) is 0 Å². The number of fused-ring (bicyclic) bond motifs is 1. The van der Waals surface area contributed by atoms with Crippen LogP contribution in [0.15, 0.2) is 12.1 Å². The summed E-state index contributed by atoms with van der Waals surface area (Å²) in [6, 6.07) is 4.39. The Kier molecular flexibility index (Phi) is 2.23. The van der Waals surface area contributed by atoms with Crippen LogP contribution in [0.1, 0.15) is 16.7 Å². The van der Waals surface area contributed by atoms with Crippen molar-refractivity contribution in [3.05, 3.63) is 28.8 Å². The number of nitrogens with one attached hydrogen (secondary N) is 1. The molecule has 1 aliphatic heterocycles. The summed E-state index contributed by atoms with van der Waals surface area (Å²) in [5, 5.41) is 3.36. The number of methoxy groups -OCH3 is 1. The molecule has 2 rings (SSSR count). The molecule has 0 radical (unpaired) electrons. The maximum absolute atomic E-state index is 5.29. The Morgan fingerprint density at radius 3 is 2.92 bits per heavy atom. The van der Waals surface area contributed by atoms with E-state index in [4.69, 9.17) is 4.74 Å². The first-order chi connectivity index (χ1) is 6.31. The molecule has 0 amide bonds. The van der Waals surface area contributed by atoms with Gasteiger partial charge in [-0.3, -0.25) is 0 Å². The van der Waals surface area contributed by atoms with Crippen molar-refractivity contribution in [1.82, 2.24) is 5.32 Å². The number of hydrogen-bond donors (Lipinski definition) is 1. The minimum atomic E-state index is 1.00. The fourth-order valence-electron chi connectivity index (χ4n) is 1.85. The Hall–Kier alpha value is -1.02. The van der Waals surface area contributed by atoms with Gasteiger partial charge in [0, 0.05) is 6.54 Å². The first-order valence-electron chi connectivity index (χ1n) is 4.68. The minimum absolute atomic E-state index is 1.00. The maximum atomic E-state index is 5.29. The summed E-state index contributed by atoms with van der Waals surface area (Å²) in [6.07, 6.45) is 1.12. The Morgan fingerprint density at radius 1 is 1.31 bits per heavy atom. The number of hydrogen-bond acceptors (Lipinski definition) is 2. The van der Waals surface area contributed by atoms with E-state index >= 15 is 0 Å². The molecule has 0 unspecified atom stereocenters. The first-order valence-corrected chi connectivity index (χ1v) is 4.68. The summed E-state index contributed by atoms with van der Waals surface area (Å²) >= 11 is 0. The lowest BCUT2D eigenvalue weighted by Crippen LogP contribution is -2.23. The summed E-state index contributed by atoms with van der Waals surface area (Å²) < 4.78 is 5.29. The minimum Gasteiger partial charge on any atom is -0.496 e. The zero-order valence-electron chi connectivity index (χ0n) is 8.18. The third kappa shape index (κ3) is 1.54. The van der Waals surface area contributed by atoms with Crippen LogP contribution in [-0.4, -0.2) is 13.7 Å². The Balaban J connectivity index is 2.44. The van der Waals surface area contributed by atoms with Crippen molar-refractivity contribution < 1.29 is 4.74 Å². The molecule has 1 aromatic rings. The van der Waals surface area contributed by atoms with Crippen LogP contribution < -0.4 is 10.1 Å². The van der Waals surface area contributed by atoms with Crippen LogP contribution in [0.25, 0.3) is 0 Å². The van der Waals surface area contributed by atoms with E-state index in [1.54, 1.807) is 7.11 Å². The highest BCUT2D eigenvalue weighted by Gasteiger charge is 2.10. The summed E-state index contributed by atoms with van der Waals surface area (Å²) in [6.45, 7) is 4.17. The van der Waals surface area contributed by atoms with E-state index in [2.05, 4.69) is 24.4 Å². The van der Waals surface area contributed by atoms with Crippen LogP contribution in [-0.2, 0) is 13.0 Å². The molecule has 0 spiro atoms. The molecular formula is C11H15NO. The molecule has 1 aliphatic rings. The summed E-state index contributed by atoms with van der Waals surface area (Å²) in [5.74, 6) is 1.01. The highest BCUT2D eigenvalue weighted by Crippen LogP contribution is 2.24. The molecule has 0 saturated heterocycles. The molecule has 1 aromatic carbocycles. The number of benzene rings is 1. The van der Waals surface area contributed by atoms with Crippen LogP contribution in [0.3, 0.4) is 0 Å². The normalized spacial score (nSPS) is 15.2. The van der Waals surface area contributed by atoms with Gasteiger partial charge < -0.3 is 10.1 Å². The van der Waals surface area contributed by atoms with Crippen molar-refractivity contribution in [1.29, 1.82) is 0 Å². The third-order valence-electron chi connectivity index (χ3n) is 2.60. The van der Waals surface area contributed by atoms with Gasteiger partial charge in [-0.05, 0) is 42.6 Å². The fraction of sp³-hybridized carbons (Fsp3) is 0.455. The van der Waals surface area contributed by atoms with Gasteiger partial charge in [0.1, 0.15) is 5.75 Å². The second-order valence-corrected chi connectivity index (χ2v) is 3.52. The predicted molar refractivity (Wildman–Crippen MR) is 53.1 cm³/mol. The average Bonchev–Trinajstić information content (AvgIpc) is 2.17. The SMILES string of the molecule is COc1cc2c(cc1C)CNCC2. The second kappa shape index (κ2) is 3.38. The van der Waals surface area contributed by atoms with Crippen molar-refractivity contribution in [2.75, 3.05) is 13.7 Å². The zero-order valence-corrected chi connectivity index (χ0v) is 8.18. The Morgan fingerprint density at radius 2 is 2.15 bits per heavy atom. The van der Waals surface area contributed by atoms with Crippen molar-refractivity contribution in [2.45, 2.75) is 19.9 Å². The Bertz CT molecular complexity index is 320. The third-order valence-corrected chi connectivity index (χ3v) is 2.60. The summed E-state index contributed by atoms with van der Waals surface area (Å²) in [7, 11) is 1.73. The standard InChI is InChI=1S/C11H15NO/c1-8-5-10-7-12-4-3-9(10)6-11(8)13-2/h5-6,12H,3-4,7H2,1-2H3.